The summed E-state index contributed by atoms with van der Waals surface area (Å²) in [6.07, 6.45) is -2.81. The molecule has 1 rings (SSSR count). The van der Waals surface area contributed by atoms with Crippen molar-refractivity contribution in [2.75, 3.05) is 13.1 Å². The lowest BCUT2D eigenvalue weighted by molar-refractivity contribution is -0.133. The lowest BCUT2D eigenvalue weighted by atomic mass is 10.0. The molecule has 0 aromatic carbocycles. The molecule has 1 heterocycles. The number of hydrogen-bond donors (Lipinski definition) is 1. The Balaban J connectivity index is 2.57. The smallest absolute Gasteiger partial charge is 0.337 e. The van der Waals surface area contributed by atoms with E-state index in [2.05, 4.69) is 0 Å². The Kier molecular flexibility index (Phi) is 4.78. The van der Waals surface area contributed by atoms with E-state index in [1.54, 1.807) is 0 Å². The number of carbonyl (C=O) groups excluding carboxylic acids is 1. The van der Waals surface area contributed by atoms with E-state index in [1.807, 2.05) is 13.8 Å². The van der Waals surface area contributed by atoms with E-state index in [-0.39, 0.29) is 31.3 Å². The summed E-state index contributed by atoms with van der Waals surface area (Å²) in [6, 6.07) is -0.620. The van der Waals surface area contributed by atoms with Crippen LogP contribution in [-0.2, 0) is 4.79 Å². The molecule has 0 spiro atoms. The van der Waals surface area contributed by atoms with Crippen LogP contribution in [0.5, 0.6) is 0 Å². The van der Waals surface area contributed by atoms with Crippen molar-refractivity contribution in [2.24, 2.45) is 11.7 Å². The van der Waals surface area contributed by atoms with Crippen LogP contribution in [-0.4, -0.2) is 36.1 Å². The number of halogens is 3. The minimum atomic E-state index is -4.28. The van der Waals surface area contributed by atoms with Crippen LogP contribution in [0, 0.1) is 5.92 Å². The summed E-state index contributed by atoms with van der Waals surface area (Å²) in [5.74, 6) is 0.0243. The zero-order valence-electron chi connectivity index (χ0n) is 10.6. The zero-order valence-corrected chi connectivity index (χ0v) is 10.6. The molecule has 0 fully saturated rings. The van der Waals surface area contributed by atoms with Gasteiger partial charge in [-0.05, 0) is 18.8 Å². The van der Waals surface area contributed by atoms with Crippen molar-refractivity contribution in [1.29, 1.82) is 0 Å². The van der Waals surface area contributed by atoms with E-state index < -0.39 is 17.8 Å². The van der Waals surface area contributed by atoms with Crippen molar-refractivity contribution in [3.63, 3.8) is 0 Å². The van der Waals surface area contributed by atoms with Gasteiger partial charge >= 0.3 is 6.18 Å². The molecule has 2 N–H and O–H groups in total. The number of nitrogens with zero attached hydrogens (tertiary/aromatic N) is 1. The molecule has 0 aliphatic carbocycles. The highest BCUT2D eigenvalue weighted by Gasteiger charge is 2.36. The summed E-state index contributed by atoms with van der Waals surface area (Å²) in [4.78, 5) is 13.3. The van der Waals surface area contributed by atoms with Crippen LogP contribution in [0.25, 0.3) is 0 Å². The molecular formula is C12H19F3N2O. The topological polar surface area (TPSA) is 46.3 Å². The number of hydrogen-bond acceptors (Lipinski definition) is 2. The Labute approximate surface area is 105 Å². The molecule has 0 aromatic rings. The van der Waals surface area contributed by atoms with E-state index in [0.717, 1.165) is 6.08 Å². The third-order valence-corrected chi connectivity index (χ3v) is 2.93. The van der Waals surface area contributed by atoms with Gasteiger partial charge in [-0.15, -0.1) is 0 Å². The predicted octanol–water partition coefficient (Wildman–Crippen LogP) is 2.08. The second-order valence-corrected chi connectivity index (χ2v) is 5.00. The molecule has 0 radical (unpaired) electrons. The van der Waals surface area contributed by atoms with E-state index in [4.69, 9.17) is 5.73 Å². The van der Waals surface area contributed by atoms with Crippen molar-refractivity contribution in [2.45, 2.75) is 38.9 Å². The fraction of sp³-hybridized carbons (Fsp3) is 0.750. The Morgan fingerprint density at radius 2 is 2.11 bits per heavy atom. The first kappa shape index (κ1) is 15.0. The van der Waals surface area contributed by atoms with Gasteiger partial charge in [-0.2, -0.15) is 13.2 Å². The Bertz CT molecular complexity index is 337. The molecular weight excluding hydrogens is 245 g/mol. The van der Waals surface area contributed by atoms with E-state index >= 15 is 0 Å². The van der Waals surface area contributed by atoms with Gasteiger partial charge in [0.2, 0.25) is 5.91 Å². The monoisotopic (exact) mass is 264 g/mol. The van der Waals surface area contributed by atoms with Gasteiger partial charge in [0, 0.05) is 18.7 Å². The maximum absolute atomic E-state index is 12.4. The molecule has 3 nitrogen and oxygen atoms in total. The molecule has 0 unspecified atom stereocenters. The summed E-state index contributed by atoms with van der Waals surface area (Å²) >= 11 is 0. The fourth-order valence-electron chi connectivity index (χ4n) is 1.97. The van der Waals surface area contributed by atoms with E-state index in [0.29, 0.717) is 6.42 Å². The minimum absolute atomic E-state index is 0.000524. The molecule has 0 saturated heterocycles. The van der Waals surface area contributed by atoms with Crippen LogP contribution >= 0.6 is 0 Å². The fourth-order valence-corrected chi connectivity index (χ4v) is 1.97. The summed E-state index contributed by atoms with van der Waals surface area (Å²) in [5.41, 5.74) is 5.18. The first-order valence-corrected chi connectivity index (χ1v) is 6.02. The number of nitrogens with two attached hydrogens (primary N) is 1. The Morgan fingerprint density at radius 3 is 2.50 bits per heavy atom. The Hall–Kier alpha value is -1.04. The molecule has 104 valence electrons. The third kappa shape index (κ3) is 4.01. The van der Waals surface area contributed by atoms with Gasteiger partial charge in [0.15, 0.2) is 0 Å². The van der Waals surface area contributed by atoms with Gasteiger partial charge < -0.3 is 10.6 Å². The van der Waals surface area contributed by atoms with Crippen LogP contribution in [0.4, 0.5) is 13.2 Å². The van der Waals surface area contributed by atoms with E-state index in [1.165, 1.54) is 4.90 Å². The molecule has 0 saturated carbocycles. The minimum Gasteiger partial charge on any atom is -0.337 e. The molecule has 6 heteroatoms. The van der Waals surface area contributed by atoms with Gasteiger partial charge in [-0.25, -0.2) is 0 Å². The second kappa shape index (κ2) is 5.73. The molecule has 0 bridgehead atoms. The number of rotatable bonds is 3. The third-order valence-electron chi connectivity index (χ3n) is 2.93. The van der Waals surface area contributed by atoms with Gasteiger partial charge in [0.25, 0.3) is 0 Å². The Morgan fingerprint density at radius 1 is 1.50 bits per heavy atom. The quantitative estimate of drug-likeness (QED) is 0.793. The van der Waals surface area contributed by atoms with E-state index in [9.17, 15) is 18.0 Å². The van der Waals surface area contributed by atoms with Crippen LogP contribution < -0.4 is 5.73 Å². The average Bonchev–Trinajstić information content (AvgIpc) is 2.26. The van der Waals surface area contributed by atoms with Crippen molar-refractivity contribution in [3.05, 3.63) is 11.6 Å². The molecule has 18 heavy (non-hydrogen) atoms. The van der Waals surface area contributed by atoms with Crippen molar-refractivity contribution in [3.8, 4) is 0 Å². The maximum atomic E-state index is 12.4. The predicted molar refractivity (Wildman–Crippen MR) is 62.8 cm³/mol. The standard InChI is InChI=1S/C12H19F3N2O/c1-8(2)7-10(16)11(18)17-5-3-9(4-6-17)12(13,14)15/h3,8,10H,4-7,16H2,1-2H3/t10-/m0/s1. The SMILES string of the molecule is CC(C)C[C@H](N)C(=O)N1CC=C(C(F)(F)F)CC1. The largest absolute Gasteiger partial charge is 0.412 e. The number of alkyl halides is 3. The number of carbonyl (C=O) groups is 1. The molecule has 0 aromatic heterocycles. The summed E-state index contributed by atoms with van der Waals surface area (Å²) in [6.45, 7) is 3.99. The van der Waals surface area contributed by atoms with Crippen molar-refractivity contribution < 1.29 is 18.0 Å². The second-order valence-electron chi connectivity index (χ2n) is 5.00. The highest BCUT2D eigenvalue weighted by molar-refractivity contribution is 5.82. The van der Waals surface area contributed by atoms with Crippen LogP contribution in [0.15, 0.2) is 11.6 Å². The lowest BCUT2D eigenvalue weighted by Crippen LogP contribution is -2.46. The van der Waals surface area contributed by atoms with Gasteiger partial charge in [0.1, 0.15) is 0 Å². The summed E-state index contributed by atoms with van der Waals surface area (Å²) in [7, 11) is 0. The normalized spacial score (nSPS) is 18.8. The summed E-state index contributed by atoms with van der Waals surface area (Å²) < 4.78 is 37.2. The zero-order chi connectivity index (χ0) is 13.9. The molecule has 1 amide bonds. The van der Waals surface area contributed by atoms with Gasteiger partial charge in [0.05, 0.1) is 6.04 Å². The molecule has 1 aliphatic rings. The van der Waals surface area contributed by atoms with Crippen LogP contribution in [0.2, 0.25) is 0 Å². The number of amides is 1. The van der Waals surface area contributed by atoms with Gasteiger partial charge in [-0.3, -0.25) is 4.79 Å². The van der Waals surface area contributed by atoms with Gasteiger partial charge in [-0.1, -0.05) is 19.9 Å². The maximum Gasteiger partial charge on any atom is 0.412 e. The first-order valence-electron chi connectivity index (χ1n) is 6.02. The lowest BCUT2D eigenvalue weighted by Gasteiger charge is -2.29. The molecule has 1 atom stereocenters. The highest BCUT2D eigenvalue weighted by atomic mass is 19.4. The summed E-state index contributed by atoms with van der Waals surface area (Å²) in [5, 5.41) is 0. The van der Waals surface area contributed by atoms with Crippen LogP contribution in [0.1, 0.15) is 26.7 Å². The first-order chi connectivity index (χ1) is 8.21. The molecule has 1 aliphatic heterocycles. The van der Waals surface area contributed by atoms with Crippen molar-refractivity contribution >= 4 is 5.91 Å². The average molecular weight is 264 g/mol. The highest BCUT2D eigenvalue weighted by Crippen LogP contribution is 2.30. The van der Waals surface area contributed by atoms with Crippen molar-refractivity contribution in [1.82, 2.24) is 4.90 Å². The van der Waals surface area contributed by atoms with Crippen LogP contribution in [0.3, 0.4) is 0 Å².